The standard InChI is InChI=1S/C13H18O3.CH4/c1-13(2,3)11(12(15)16)8-9-4-6-10(14)7-5-9;/h4-7,11,14H,8H2,1-3H3,(H,15,16);1H4. The number of carbonyl (C=O) groups is 1. The van der Waals surface area contributed by atoms with Crippen LogP contribution in [0, 0.1) is 11.3 Å². The highest BCUT2D eigenvalue weighted by atomic mass is 16.4. The number of hydrogen-bond donors (Lipinski definition) is 2. The molecule has 0 aliphatic rings. The van der Waals surface area contributed by atoms with Crippen LogP contribution in [0.25, 0.3) is 0 Å². The Hall–Kier alpha value is -1.51. The highest BCUT2D eigenvalue weighted by molar-refractivity contribution is 5.71. The van der Waals surface area contributed by atoms with Gasteiger partial charge < -0.3 is 10.2 Å². The fourth-order valence-electron chi connectivity index (χ4n) is 1.63. The number of carboxylic acids is 1. The molecule has 0 radical (unpaired) electrons. The number of carboxylic acid groups (broad SMARTS) is 1. The average Bonchev–Trinajstić information content (AvgIpc) is 2.14. The Morgan fingerprint density at radius 1 is 1.24 bits per heavy atom. The first-order valence-electron chi connectivity index (χ1n) is 5.31. The second-order valence-corrected chi connectivity index (χ2v) is 5.13. The maximum Gasteiger partial charge on any atom is 0.307 e. The molecule has 0 aliphatic carbocycles. The van der Waals surface area contributed by atoms with Crippen LogP contribution in [0.5, 0.6) is 5.75 Å². The molecule has 0 saturated carbocycles. The van der Waals surface area contributed by atoms with E-state index in [2.05, 4.69) is 0 Å². The van der Waals surface area contributed by atoms with Crippen LogP contribution in [0.1, 0.15) is 33.8 Å². The predicted octanol–water partition coefficient (Wildman–Crippen LogP) is 3.32. The molecule has 2 N–H and O–H groups in total. The number of phenols is 1. The van der Waals surface area contributed by atoms with Crippen molar-refractivity contribution in [3.8, 4) is 5.75 Å². The Balaban J connectivity index is 0.00000256. The fourth-order valence-corrected chi connectivity index (χ4v) is 1.63. The number of phenolic OH excluding ortho intramolecular Hbond substituents is 1. The summed E-state index contributed by atoms with van der Waals surface area (Å²) in [6.07, 6.45) is 0.485. The van der Waals surface area contributed by atoms with Crippen molar-refractivity contribution >= 4 is 5.97 Å². The number of aromatic hydroxyl groups is 1. The van der Waals surface area contributed by atoms with Crippen LogP contribution in [0.3, 0.4) is 0 Å². The largest absolute Gasteiger partial charge is 0.508 e. The normalized spacial score (nSPS) is 12.6. The Kier molecular flexibility index (Phi) is 5.20. The number of hydrogen-bond acceptors (Lipinski definition) is 2. The van der Waals surface area contributed by atoms with E-state index >= 15 is 0 Å². The van der Waals surface area contributed by atoms with E-state index in [0.29, 0.717) is 6.42 Å². The summed E-state index contributed by atoms with van der Waals surface area (Å²) in [6.45, 7) is 5.77. The summed E-state index contributed by atoms with van der Waals surface area (Å²) >= 11 is 0. The van der Waals surface area contributed by atoms with Gasteiger partial charge in [-0.2, -0.15) is 0 Å². The molecule has 0 spiro atoms. The van der Waals surface area contributed by atoms with Gasteiger partial charge in [0.1, 0.15) is 5.75 Å². The van der Waals surface area contributed by atoms with Gasteiger partial charge in [0.2, 0.25) is 0 Å². The molecule has 0 aliphatic heterocycles. The van der Waals surface area contributed by atoms with Crippen molar-refractivity contribution in [1.29, 1.82) is 0 Å². The van der Waals surface area contributed by atoms with Gasteiger partial charge in [-0.05, 0) is 29.5 Å². The molecule has 0 aromatic heterocycles. The van der Waals surface area contributed by atoms with Gasteiger partial charge in [0.05, 0.1) is 5.92 Å². The third-order valence-electron chi connectivity index (χ3n) is 2.72. The zero-order valence-corrected chi connectivity index (χ0v) is 9.90. The van der Waals surface area contributed by atoms with Crippen molar-refractivity contribution in [1.82, 2.24) is 0 Å². The molecule has 1 atom stereocenters. The average molecular weight is 238 g/mol. The van der Waals surface area contributed by atoms with Gasteiger partial charge >= 0.3 is 5.97 Å². The Labute approximate surface area is 103 Å². The summed E-state index contributed by atoms with van der Waals surface area (Å²) in [4.78, 5) is 11.2. The topological polar surface area (TPSA) is 57.5 Å². The summed E-state index contributed by atoms with van der Waals surface area (Å²) < 4.78 is 0. The smallest absolute Gasteiger partial charge is 0.307 e. The minimum absolute atomic E-state index is 0. The fraction of sp³-hybridized carbons (Fsp3) is 0.500. The number of benzene rings is 1. The predicted molar refractivity (Wildman–Crippen MR) is 69.1 cm³/mol. The summed E-state index contributed by atoms with van der Waals surface area (Å²) in [5, 5.41) is 18.3. The molecule has 0 heterocycles. The van der Waals surface area contributed by atoms with E-state index in [9.17, 15) is 9.90 Å². The molecule has 0 fully saturated rings. The lowest BCUT2D eigenvalue weighted by atomic mass is 9.77. The van der Waals surface area contributed by atoms with E-state index < -0.39 is 11.9 Å². The molecule has 1 unspecified atom stereocenters. The van der Waals surface area contributed by atoms with Gasteiger partial charge in [-0.15, -0.1) is 0 Å². The third kappa shape index (κ3) is 4.47. The van der Waals surface area contributed by atoms with Gasteiger partial charge in [0.25, 0.3) is 0 Å². The molecule has 0 saturated heterocycles. The quantitative estimate of drug-likeness (QED) is 0.849. The first kappa shape index (κ1) is 15.5. The Morgan fingerprint density at radius 2 is 1.71 bits per heavy atom. The van der Waals surface area contributed by atoms with Gasteiger partial charge in [0, 0.05) is 0 Å². The van der Waals surface area contributed by atoms with E-state index in [4.69, 9.17) is 5.11 Å². The van der Waals surface area contributed by atoms with Crippen LogP contribution in [0.4, 0.5) is 0 Å². The van der Waals surface area contributed by atoms with Crippen LogP contribution >= 0.6 is 0 Å². The molecule has 3 nitrogen and oxygen atoms in total. The summed E-state index contributed by atoms with van der Waals surface area (Å²) in [5.74, 6) is -0.996. The molecular weight excluding hydrogens is 216 g/mol. The Morgan fingerprint density at radius 3 is 2.06 bits per heavy atom. The minimum atomic E-state index is -0.777. The van der Waals surface area contributed by atoms with Crippen molar-refractivity contribution in [3.05, 3.63) is 29.8 Å². The molecular formula is C14H22O3. The summed E-state index contributed by atoms with van der Waals surface area (Å²) in [6, 6.07) is 6.68. The van der Waals surface area contributed by atoms with Gasteiger partial charge in [-0.3, -0.25) is 4.79 Å². The molecule has 0 bridgehead atoms. The SMILES string of the molecule is C.CC(C)(C)C(Cc1ccc(O)cc1)C(=O)O. The highest BCUT2D eigenvalue weighted by Crippen LogP contribution is 2.29. The maximum atomic E-state index is 11.2. The molecule has 96 valence electrons. The van der Waals surface area contributed by atoms with Crippen LogP contribution in [-0.2, 0) is 11.2 Å². The molecule has 1 rings (SSSR count). The lowest BCUT2D eigenvalue weighted by molar-refractivity contribution is -0.145. The molecule has 0 amide bonds. The minimum Gasteiger partial charge on any atom is -0.508 e. The molecule has 1 aromatic carbocycles. The maximum absolute atomic E-state index is 11.2. The van der Waals surface area contributed by atoms with E-state index in [0.717, 1.165) is 5.56 Å². The summed E-state index contributed by atoms with van der Waals surface area (Å²) in [7, 11) is 0. The number of aliphatic carboxylic acids is 1. The van der Waals surface area contributed by atoms with Crippen LogP contribution in [-0.4, -0.2) is 16.2 Å². The van der Waals surface area contributed by atoms with E-state index in [1.54, 1.807) is 24.3 Å². The van der Waals surface area contributed by atoms with E-state index in [1.165, 1.54) is 0 Å². The molecule has 3 heteroatoms. The van der Waals surface area contributed by atoms with E-state index in [1.807, 2.05) is 20.8 Å². The van der Waals surface area contributed by atoms with Crippen molar-refractivity contribution < 1.29 is 15.0 Å². The van der Waals surface area contributed by atoms with Crippen LogP contribution < -0.4 is 0 Å². The first-order valence-corrected chi connectivity index (χ1v) is 5.31. The monoisotopic (exact) mass is 238 g/mol. The van der Waals surface area contributed by atoms with Crippen molar-refractivity contribution in [3.63, 3.8) is 0 Å². The third-order valence-corrected chi connectivity index (χ3v) is 2.72. The van der Waals surface area contributed by atoms with E-state index in [-0.39, 0.29) is 18.6 Å². The van der Waals surface area contributed by atoms with Gasteiger partial charge in [0.15, 0.2) is 0 Å². The molecule has 1 aromatic rings. The van der Waals surface area contributed by atoms with Gasteiger partial charge in [-0.1, -0.05) is 40.3 Å². The highest BCUT2D eigenvalue weighted by Gasteiger charge is 2.30. The van der Waals surface area contributed by atoms with Crippen molar-refractivity contribution in [2.45, 2.75) is 34.6 Å². The zero-order valence-electron chi connectivity index (χ0n) is 9.90. The van der Waals surface area contributed by atoms with Crippen LogP contribution in [0.15, 0.2) is 24.3 Å². The molecule has 17 heavy (non-hydrogen) atoms. The van der Waals surface area contributed by atoms with Gasteiger partial charge in [-0.25, -0.2) is 0 Å². The van der Waals surface area contributed by atoms with Crippen molar-refractivity contribution in [2.24, 2.45) is 11.3 Å². The lowest BCUT2D eigenvalue weighted by Crippen LogP contribution is -2.30. The first-order chi connectivity index (χ1) is 7.30. The van der Waals surface area contributed by atoms with Crippen molar-refractivity contribution in [2.75, 3.05) is 0 Å². The summed E-state index contributed by atoms with van der Waals surface area (Å²) in [5.41, 5.74) is 0.657. The second kappa shape index (κ2) is 5.71. The Bertz CT molecular complexity index is 360. The zero-order chi connectivity index (χ0) is 12.3. The second-order valence-electron chi connectivity index (χ2n) is 5.13. The van der Waals surface area contributed by atoms with Crippen LogP contribution in [0.2, 0.25) is 0 Å². The lowest BCUT2D eigenvalue weighted by Gasteiger charge is -2.27. The number of rotatable bonds is 3.